The van der Waals surface area contributed by atoms with Crippen LogP contribution in [0.1, 0.15) is 17.3 Å². The summed E-state index contributed by atoms with van der Waals surface area (Å²) in [7, 11) is 1.89. The largest absolute Gasteiger partial charge is 0.369 e. The Morgan fingerprint density at radius 1 is 1.40 bits per heavy atom. The zero-order chi connectivity index (χ0) is 14.3. The van der Waals surface area contributed by atoms with Crippen LogP contribution in [-0.2, 0) is 7.05 Å². The van der Waals surface area contributed by atoms with Crippen molar-refractivity contribution >= 4 is 11.6 Å². The molecule has 6 heteroatoms. The number of aliphatic imine (C=N–C) groups is 1. The third kappa shape index (κ3) is 1.93. The molecule has 0 fully saturated rings. The second kappa shape index (κ2) is 4.63. The van der Waals surface area contributed by atoms with Gasteiger partial charge >= 0.3 is 0 Å². The highest BCUT2D eigenvalue weighted by molar-refractivity contribution is 5.97. The van der Waals surface area contributed by atoms with Crippen LogP contribution in [0.5, 0.6) is 0 Å². The van der Waals surface area contributed by atoms with Crippen molar-refractivity contribution in [3.05, 3.63) is 47.5 Å². The average Bonchev–Trinajstić information content (AvgIpc) is 2.94. The number of nitrogens with zero attached hydrogens (tertiary/aromatic N) is 4. The molecule has 2 heterocycles. The smallest absolute Gasteiger partial charge is 0.196 e. The molecule has 1 atom stereocenters. The molecule has 2 N–H and O–H groups in total. The first-order valence-corrected chi connectivity index (χ1v) is 6.41. The van der Waals surface area contributed by atoms with Gasteiger partial charge in [0.25, 0.3) is 0 Å². The maximum Gasteiger partial charge on any atom is 0.196 e. The van der Waals surface area contributed by atoms with Crippen LogP contribution in [0, 0.1) is 12.7 Å². The lowest BCUT2D eigenvalue weighted by Crippen LogP contribution is -2.36. The number of aromatic nitrogens is 2. The lowest BCUT2D eigenvalue weighted by atomic mass is 10.1. The molecule has 104 valence electrons. The van der Waals surface area contributed by atoms with E-state index in [1.54, 1.807) is 6.07 Å². The molecular formula is C14H16FN5. The Bertz CT molecular complexity index is 676. The molecule has 1 aromatic heterocycles. The van der Waals surface area contributed by atoms with Gasteiger partial charge in [0, 0.05) is 24.0 Å². The molecule has 0 radical (unpaired) electrons. The monoisotopic (exact) mass is 273 g/mol. The third-order valence-electron chi connectivity index (χ3n) is 3.70. The van der Waals surface area contributed by atoms with Crippen molar-refractivity contribution in [1.29, 1.82) is 0 Å². The van der Waals surface area contributed by atoms with E-state index in [-0.39, 0.29) is 11.9 Å². The highest BCUT2D eigenvalue weighted by atomic mass is 19.1. The Hall–Kier alpha value is -2.37. The zero-order valence-corrected chi connectivity index (χ0v) is 11.4. The number of benzene rings is 1. The fraction of sp³-hybridized carbons (Fsp3) is 0.286. The van der Waals surface area contributed by atoms with Crippen LogP contribution >= 0.6 is 0 Å². The van der Waals surface area contributed by atoms with Gasteiger partial charge in [-0.05, 0) is 25.1 Å². The van der Waals surface area contributed by atoms with E-state index in [1.807, 2.05) is 35.8 Å². The molecule has 0 amide bonds. The molecule has 2 aromatic rings. The highest BCUT2D eigenvalue weighted by Gasteiger charge is 2.31. The van der Waals surface area contributed by atoms with Crippen LogP contribution in [0.3, 0.4) is 0 Å². The summed E-state index contributed by atoms with van der Waals surface area (Å²) >= 11 is 0. The van der Waals surface area contributed by atoms with Crippen molar-refractivity contribution in [2.45, 2.75) is 13.0 Å². The molecule has 0 bridgehead atoms. The quantitative estimate of drug-likeness (QED) is 0.906. The Labute approximate surface area is 116 Å². The second-order valence-corrected chi connectivity index (χ2v) is 4.87. The van der Waals surface area contributed by atoms with Gasteiger partial charge in [-0.3, -0.25) is 9.67 Å². The van der Waals surface area contributed by atoms with Gasteiger partial charge in [-0.1, -0.05) is 6.07 Å². The molecule has 0 saturated carbocycles. The number of hydrogen-bond acceptors (Lipinski definition) is 4. The van der Waals surface area contributed by atoms with E-state index in [2.05, 4.69) is 10.1 Å². The van der Waals surface area contributed by atoms with Crippen LogP contribution in [0.25, 0.3) is 0 Å². The van der Waals surface area contributed by atoms with Gasteiger partial charge in [0.2, 0.25) is 0 Å². The average molecular weight is 273 g/mol. The van der Waals surface area contributed by atoms with Gasteiger partial charge < -0.3 is 10.6 Å². The summed E-state index contributed by atoms with van der Waals surface area (Å²) in [4.78, 5) is 6.15. The van der Waals surface area contributed by atoms with E-state index >= 15 is 0 Å². The van der Waals surface area contributed by atoms with Crippen molar-refractivity contribution in [1.82, 2.24) is 9.78 Å². The Balaban J connectivity index is 2.03. The number of aryl methyl sites for hydroxylation is 1. The number of guanidine groups is 1. The highest BCUT2D eigenvalue weighted by Crippen LogP contribution is 2.32. The molecule has 0 saturated heterocycles. The Morgan fingerprint density at radius 3 is 2.85 bits per heavy atom. The van der Waals surface area contributed by atoms with Crippen LogP contribution < -0.4 is 10.6 Å². The number of hydrogen-bond donors (Lipinski definition) is 1. The lowest BCUT2D eigenvalue weighted by Gasteiger charge is -2.26. The Morgan fingerprint density at radius 2 is 2.20 bits per heavy atom. The minimum absolute atomic E-state index is 0.0366. The molecule has 0 spiro atoms. The van der Waals surface area contributed by atoms with Gasteiger partial charge in [-0.15, -0.1) is 0 Å². The van der Waals surface area contributed by atoms with Crippen LogP contribution in [0.4, 0.5) is 10.1 Å². The number of nitrogens with two attached hydrogens (primary N) is 1. The molecule has 1 unspecified atom stereocenters. The van der Waals surface area contributed by atoms with Gasteiger partial charge in [-0.2, -0.15) is 5.10 Å². The fourth-order valence-corrected chi connectivity index (χ4v) is 2.52. The number of rotatable bonds is 2. The molecule has 0 aliphatic carbocycles. The van der Waals surface area contributed by atoms with Crippen LogP contribution in [0.2, 0.25) is 0 Å². The van der Waals surface area contributed by atoms with E-state index in [0.29, 0.717) is 18.2 Å². The SMILES string of the molecule is Cc1c(C2CN=C(N)N2c2cccc(F)c2)cnn1C. The molecule has 1 aliphatic heterocycles. The van der Waals surface area contributed by atoms with Gasteiger partial charge in [-0.25, -0.2) is 4.39 Å². The zero-order valence-electron chi connectivity index (χ0n) is 11.4. The van der Waals surface area contributed by atoms with E-state index in [0.717, 1.165) is 11.3 Å². The van der Waals surface area contributed by atoms with Gasteiger partial charge in [0.1, 0.15) is 5.82 Å². The van der Waals surface area contributed by atoms with Gasteiger partial charge in [0.05, 0.1) is 18.8 Å². The van der Waals surface area contributed by atoms with E-state index in [9.17, 15) is 4.39 Å². The molecule has 20 heavy (non-hydrogen) atoms. The van der Waals surface area contributed by atoms with Crippen LogP contribution in [-0.4, -0.2) is 22.3 Å². The molecule has 1 aromatic carbocycles. The van der Waals surface area contributed by atoms with Crippen molar-refractivity contribution in [3.63, 3.8) is 0 Å². The summed E-state index contributed by atoms with van der Waals surface area (Å²) in [6.07, 6.45) is 1.82. The van der Waals surface area contributed by atoms with Gasteiger partial charge in [0.15, 0.2) is 5.96 Å². The molecule has 1 aliphatic rings. The summed E-state index contributed by atoms with van der Waals surface area (Å²) in [5.74, 6) is 0.118. The van der Waals surface area contributed by atoms with Crippen LogP contribution in [0.15, 0.2) is 35.5 Å². The van der Waals surface area contributed by atoms with E-state index in [4.69, 9.17) is 5.73 Å². The predicted molar refractivity (Wildman–Crippen MR) is 76.1 cm³/mol. The van der Waals surface area contributed by atoms with Crippen molar-refractivity contribution < 1.29 is 4.39 Å². The summed E-state index contributed by atoms with van der Waals surface area (Å²) in [5, 5.41) is 4.26. The lowest BCUT2D eigenvalue weighted by molar-refractivity contribution is 0.626. The van der Waals surface area contributed by atoms with E-state index in [1.165, 1.54) is 12.1 Å². The first kappa shape index (κ1) is 12.7. The topological polar surface area (TPSA) is 59.4 Å². The minimum atomic E-state index is -0.288. The standard InChI is InChI=1S/C14H16FN5/c1-9-12(7-18-19(9)2)13-8-17-14(16)20(13)11-5-3-4-10(15)6-11/h3-7,13H,8H2,1-2H3,(H2,16,17). The maximum atomic E-state index is 13.4. The summed E-state index contributed by atoms with van der Waals surface area (Å²) in [5.41, 5.74) is 8.79. The third-order valence-corrected chi connectivity index (χ3v) is 3.70. The van der Waals surface area contributed by atoms with E-state index < -0.39 is 0 Å². The van der Waals surface area contributed by atoms with Crippen molar-refractivity contribution in [3.8, 4) is 0 Å². The summed E-state index contributed by atoms with van der Waals surface area (Å²) in [6, 6.07) is 6.34. The second-order valence-electron chi connectivity index (χ2n) is 4.87. The summed E-state index contributed by atoms with van der Waals surface area (Å²) in [6.45, 7) is 2.55. The molecular weight excluding hydrogens is 257 g/mol. The van der Waals surface area contributed by atoms with Crippen molar-refractivity contribution in [2.24, 2.45) is 17.8 Å². The first-order chi connectivity index (χ1) is 9.58. The minimum Gasteiger partial charge on any atom is -0.369 e. The van der Waals surface area contributed by atoms with Crippen molar-refractivity contribution in [2.75, 3.05) is 11.4 Å². The Kier molecular flexibility index (Phi) is 2.93. The summed E-state index contributed by atoms with van der Waals surface area (Å²) < 4.78 is 15.2. The number of anilines is 1. The molecule has 3 rings (SSSR count). The number of halogens is 1. The first-order valence-electron chi connectivity index (χ1n) is 6.41. The molecule has 5 nitrogen and oxygen atoms in total. The predicted octanol–water partition coefficient (Wildman–Crippen LogP) is 1.74. The fourth-order valence-electron chi connectivity index (χ4n) is 2.52. The maximum absolute atomic E-state index is 13.4. The normalized spacial score (nSPS) is 18.4.